The smallest absolute Gasteiger partial charge is 0.174 e. The van der Waals surface area contributed by atoms with E-state index in [-0.39, 0.29) is 11.5 Å². The van der Waals surface area contributed by atoms with Gasteiger partial charge in [-0.15, -0.1) is 0 Å². The summed E-state index contributed by atoms with van der Waals surface area (Å²) in [6.07, 6.45) is 2.59. The summed E-state index contributed by atoms with van der Waals surface area (Å²) >= 11 is 0. The first-order chi connectivity index (χ1) is 9.72. The summed E-state index contributed by atoms with van der Waals surface area (Å²) in [5, 5.41) is 3.71. The number of Topliss-reactive ketones (excluding diaryl/α,β-unsaturated/α-hetero) is 1. The van der Waals surface area contributed by atoms with Crippen molar-refractivity contribution in [1.29, 1.82) is 0 Å². The van der Waals surface area contributed by atoms with Crippen LogP contribution in [-0.4, -0.2) is 24.5 Å². The molecule has 2 fully saturated rings. The molecule has 3 heteroatoms. The minimum Gasteiger partial charge on any atom is -0.481 e. The molecule has 3 nitrogen and oxygen atoms in total. The standard InChI is InChI=1S/C17H19NO2/c1-9-7-12(19)16-17-5-6-18-11(14(9)17)8-10-3-2-4-13(20-16)15(10)17/h2-4,9,11,14,16,18H,5-8H2,1H3/t9?,11-,14+,16?,17+/m1/s1. The topological polar surface area (TPSA) is 38.3 Å². The molecule has 1 spiro atoms. The van der Waals surface area contributed by atoms with E-state index >= 15 is 0 Å². The van der Waals surface area contributed by atoms with Crippen LogP contribution in [0.15, 0.2) is 18.2 Å². The molecule has 2 aliphatic heterocycles. The molecule has 1 saturated carbocycles. The molecule has 0 radical (unpaired) electrons. The number of rotatable bonds is 0. The third-order valence-electron chi connectivity index (χ3n) is 6.13. The van der Waals surface area contributed by atoms with Crippen LogP contribution in [0, 0.1) is 11.8 Å². The average molecular weight is 269 g/mol. The molecule has 2 bridgehead atoms. The van der Waals surface area contributed by atoms with Gasteiger partial charge in [-0.2, -0.15) is 0 Å². The second-order valence-electron chi connectivity index (χ2n) is 7.02. The number of nitrogens with one attached hydrogen (secondary N) is 1. The number of hydrogen-bond donors (Lipinski definition) is 1. The Balaban J connectivity index is 1.84. The highest BCUT2D eigenvalue weighted by Crippen LogP contribution is 2.61. The molecule has 0 aromatic heterocycles. The first-order valence-electron chi connectivity index (χ1n) is 7.77. The summed E-state index contributed by atoms with van der Waals surface area (Å²) in [7, 11) is 0. The van der Waals surface area contributed by atoms with Gasteiger partial charge in [0, 0.05) is 23.4 Å². The molecular formula is C17H19NO2. The minimum absolute atomic E-state index is 0.0329. The Morgan fingerprint density at radius 1 is 1.35 bits per heavy atom. The van der Waals surface area contributed by atoms with Crippen molar-refractivity contribution < 1.29 is 9.53 Å². The normalized spacial score (nSPS) is 44.0. The summed E-state index contributed by atoms with van der Waals surface area (Å²) in [5.74, 6) is 2.31. The molecule has 104 valence electrons. The van der Waals surface area contributed by atoms with Gasteiger partial charge in [-0.3, -0.25) is 4.79 Å². The molecule has 20 heavy (non-hydrogen) atoms. The fraction of sp³-hybridized carbons (Fsp3) is 0.588. The van der Waals surface area contributed by atoms with E-state index in [0.29, 0.717) is 30.1 Å². The van der Waals surface area contributed by atoms with E-state index in [4.69, 9.17) is 4.74 Å². The van der Waals surface area contributed by atoms with E-state index in [1.54, 1.807) is 0 Å². The summed E-state index contributed by atoms with van der Waals surface area (Å²) in [5.41, 5.74) is 2.75. The van der Waals surface area contributed by atoms with Crippen molar-refractivity contribution in [2.45, 2.75) is 43.7 Å². The lowest BCUT2D eigenvalue weighted by molar-refractivity contribution is -0.139. The second kappa shape index (κ2) is 3.45. The Morgan fingerprint density at radius 3 is 3.15 bits per heavy atom. The zero-order chi connectivity index (χ0) is 13.5. The maximum atomic E-state index is 12.6. The monoisotopic (exact) mass is 269 g/mol. The highest BCUT2D eigenvalue weighted by molar-refractivity contribution is 5.89. The lowest BCUT2D eigenvalue weighted by Crippen LogP contribution is -2.67. The molecule has 0 amide bonds. The quantitative estimate of drug-likeness (QED) is 0.781. The number of ketones is 1. The van der Waals surface area contributed by atoms with Crippen LogP contribution in [0.1, 0.15) is 30.9 Å². The maximum Gasteiger partial charge on any atom is 0.174 e. The van der Waals surface area contributed by atoms with Gasteiger partial charge in [-0.25, -0.2) is 0 Å². The van der Waals surface area contributed by atoms with Crippen LogP contribution in [0.25, 0.3) is 0 Å². The highest BCUT2D eigenvalue weighted by Gasteiger charge is 2.65. The van der Waals surface area contributed by atoms with Gasteiger partial charge in [0.25, 0.3) is 0 Å². The number of carbonyl (C=O) groups is 1. The first kappa shape index (κ1) is 11.3. The van der Waals surface area contributed by atoms with Crippen LogP contribution in [0.3, 0.4) is 0 Å². The zero-order valence-corrected chi connectivity index (χ0v) is 11.7. The molecule has 1 aromatic rings. The van der Waals surface area contributed by atoms with E-state index in [1.807, 2.05) is 0 Å². The van der Waals surface area contributed by atoms with Crippen LogP contribution in [-0.2, 0) is 16.6 Å². The van der Waals surface area contributed by atoms with Crippen LogP contribution in [0.2, 0.25) is 0 Å². The second-order valence-corrected chi connectivity index (χ2v) is 7.02. The molecular weight excluding hydrogens is 250 g/mol. The van der Waals surface area contributed by atoms with Gasteiger partial charge in [-0.1, -0.05) is 19.1 Å². The molecule has 1 N–H and O–H groups in total. The van der Waals surface area contributed by atoms with Crippen LogP contribution < -0.4 is 10.1 Å². The van der Waals surface area contributed by atoms with Crippen LogP contribution >= 0.6 is 0 Å². The Morgan fingerprint density at radius 2 is 2.25 bits per heavy atom. The van der Waals surface area contributed by atoms with Gasteiger partial charge >= 0.3 is 0 Å². The van der Waals surface area contributed by atoms with E-state index in [2.05, 4.69) is 30.4 Å². The van der Waals surface area contributed by atoms with E-state index in [1.165, 1.54) is 11.1 Å². The zero-order valence-electron chi connectivity index (χ0n) is 11.7. The Hall–Kier alpha value is -1.35. The van der Waals surface area contributed by atoms with Gasteiger partial charge in [0.05, 0.1) is 0 Å². The molecule has 5 rings (SSSR count). The Labute approximate surface area is 118 Å². The molecule has 2 unspecified atom stereocenters. The van der Waals surface area contributed by atoms with Gasteiger partial charge in [-0.05, 0) is 42.9 Å². The average Bonchev–Trinajstić information content (AvgIpc) is 2.74. The van der Waals surface area contributed by atoms with E-state index in [0.717, 1.165) is 25.1 Å². The number of ether oxygens (including phenoxy) is 1. The fourth-order valence-electron chi connectivity index (χ4n) is 5.70. The van der Waals surface area contributed by atoms with Crippen molar-refractivity contribution in [2.24, 2.45) is 11.8 Å². The van der Waals surface area contributed by atoms with Crippen molar-refractivity contribution in [3.63, 3.8) is 0 Å². The van der Waals surface area contributed by atoms with Crippen molar-refractivity contribution in [3.8, 4) is 5.75 Å². The predicted octanol–water partition coefficient (Wildman–Crippen LogP) is 1.83. The summed E-state index contributed by atoms with van der Waals surface area (Å²) in [4.78, 5) is 12.6. The van der Waals surface area contributed by atoms with Gasteiger partial charge in [0.15, 0.2) is 11.9 Å². The summed E-state index contributed by atoms with van der Waals surface area (Å²) in [6.45, 7) is 3.27. The number of carbonyl (C=O) groups excluding carboxylic acids is 1. The third kappa shape index (κ3) is 1.07. The van der Waals surface area contributed by atoms with Crippen LogP contribution in [0.5, 0.6) is 5.75 Å². The largest absolute Gasteiger partial charge is 0.481 e. The van der Waals surface area contributed by atoms with E-state index < -0.39 is 0 Å². The predicted molar refractivity (Wildman–Crippen MR) is 74.9 cm³/mol. The van der Waals surface area contributed by atoms with Crippen molar-refractivity contribution in [2.75, 3.05) is 6.54 Å². The van der Waals surface area contributed by atoms with Gasteiger partial charge < -0.3 is 10.1 Å². The lowest BCUT2D eigenvalue weighted by Gasteiger charge is -2.56. The van der Waals surface area contributed by atoms with Crippen molar-refractivity contribution >= 4 is 5.78 Å². The number of piperidine rings is 1. The molecule has 2 heterocycles. The lowest BCUT2D eigenvalue weighted by atomic mass is 9.49. The van der Waals surface area contributed by atoms with Crippen LogP contribution in [0.4, 0.5) is 0 Å². The highest BCUT2D eigenvalue weighted by atomic mass is 16.5. The van der Waals surface area contributed by atoms with Gasteiger partial charge in [0.2, 0.25) is 0 Å². The number of benzene rings is 1. The fourth-order valence-corrected chi connectivity index (χ4v) is 5.70. The molecule has 5 atom stereocenters. The summed E-state index contributed by atoms with van der Waals surface area (Å²) < 4.78 is 6.16. The number of hydrogen-bond acceptors (Lipinski definition) is 3. The first-order valence-corrected chi connectivity index (χ1v) is 7.77. The SMILES string of the molecule is CC1CC(=O)C2Oc3cccc4c3[C@@]23CCN[C@H](C4)[C@H]13. The maximum absolute atomic E-state index is 12.6. The Kier molecular flexibility index (Phi) is 1.95. The Bertz CT molecular complexity index is 625. The molecule has 4 aliphatic rings. The molecule has 1 aromatic carbocycles. The molecule has 2 aliphatic carbocycles. The van der Waals surface area contributed by atoms with Crippen molar-refractivity contribution in [3.05, 3.63) is 29.3 Å². The van der Waals surface area contributed by atoms with E-state index in [9.17, 15) is 4.79 Å². The minimum atomic E-state index is -0.218. The third-order valence-corrected chi connectivity index (χ3v) is 6.13. The van der Waals surface area contributed by atoms with Crippen molar-refractivity contribution in [1.82, 2.24) is 5.32 Å². The van der Waals surface area contributed by atoms with Gasteiger partial charge in [0.1, 0.15) is 5.75 Å². The summed E-state index contributed by atoms with van der Waals surface area (Å²) in [6, 6.07) is 6.88. The molecule has 1 saturated heterocycles.